The zero-order chi connectivity index (χ0) is 21.9. The molecule has 164 valence electrons. The molecule has 7 nitrogen and oxygen atoms in total. The topological polar surface area (TPSA) is 74.1 Å². The summed E-state index contributed by atoms with van der Waals surface area (Å²) >= 11 is 0. The molecule has 0 N–H and O–H groups in total. The molecule has 1 aliphatic rings. The first kappa shape index (κ1) is 22.4. The molecule has 0 saturated carbocycles. The van der Waals surface area contributed by atoms with Crippen molar-refractivity contribution in [3.05, 3.63) is 47.4 Å². The maximum Gasteiger partial charge on any atom is 0.256 e. The lowest BCUT2D eigenvalue weighted by Crippen LogP contribution is -2.32. The minimum absolute atomic E-state index is 0.153. The number of hydrogen-bond donors (Lipinski definition) is 0. The second-order valence-electron chi connectivity index (χ2n) is 7.64. The van der Waals surface area contributed by atoms with Crippen LogP contribution in [0.1, 0.15) is 48.6 Å². The third kappa shape index (κ3) is 4.54. The number of amides is 1. The Morgan fingerprint density at radius 1 is 1.10 bits per heavy atom. The van der Waals surface area contributed by atoms with Gasteiger partial charge in [-0.3, -0.25) is 4.79 Å². The van der Waals surface area contributed by atoms with Gasteiger partial charge in [0.15, 0.2) is 0 Å². The van der Waals surface area contributed by atoms with Crippen LogP contribution in [0.25, 0.3) is 0 Å². The Labute approximate surface area is 179 Å². The summed E-state index contributed by atoms with van der Waals surface area (Å²) in [5, 5.41) is 0. The van der Waals surface area contributed by atoms with Gasteiger partial charge in [0.1, 0.15) is 11.5 Å². The van der Waals surface area contributed by atoms with Crippen molar-refractivity contribution in [2.24, 2.45) is 0 Å². The third-order valence-corrected chi connectivity index (χ3v) is 7.57. The summed E-state index contributed by atoms with van der Waals surface area (Å²) < 4.78 is 33.1. The quantitative estimate of drug-likeness (QED) is 0.637. The molecule has 1 saturated heterocycles. The smallest absolute Gasteiger partial charge is 0.256 e. The molecule has 0 unspecified atom stereocenters. The Kier molecular flexibility index (Phi) is 6.88. The van der Waals surface area contributed by atoms with E-state index < -0.39 is 10.0 Å². The van der Waals surface area contributed by atoms with E-state index >= 15 is 0 Å². The van der Waals surface area contributed by atoms with Crippen molar-refractivity contribution in [2.75, 3.05) is 38.1 Å². The van der Waals surface area contributed by atoms with E-state index in [0.29, 0.717) is 31.0 Å². The van der Waals surface area contributed by atoms with E-state index in [1.54, 1.807) is 24.1 Å². The Morgan fingerprint density at radius 2 is 1.77 bits per heavy atom. The van der Waals surface area contributed by atoms with E-state index in [4.69, 9.17) is 4.42 Å². The zero-order valence-electron chi connectivity index (χ0n) is 18.2. The number of rotatable bonds is 8. The van der Waals surface area contributed by atoms with Crippen LogP contribution in [0.4, 0.5) is 5.69 Å². The monoisotopic (exact) mass is 433 g/mol. The summed E-state index contributed by atoms with van der Waals surface area (Å²) in [6.07, 6.45) is 2.13. The largest absolute Gasteiger partial charge is 0.464 e. The molecule has 1 amide bonds. The number of hydrogen-bond acceptors (Lipinski definition) is 5. The lowest BCUT2D eigenvalue weighted by Gasteiger charge is -2.25. The van der Waals surface area contributed by atoms with Gasteiger partial charge in [0.2, 0.25) is 10.0 Å². The molecule has 8 heteroatoms. The fraction of sp³-hybridized carbons (Fsp3) is 0.500. The summed E-state index contributed by atoms with van der Waals surface area (Å²) in [6, 6.07) is 8.64. The Balaban J connectivity index is 1.99. The predicted octanol–water partition coefficient (Wildman–Crippen LogP) is 3.49. The van der Waals surface area contributed by atoms with Crippen molar-refractivity contribution in [1.29, 1.82) is 0 Å². The van der Waals surface area contributed by atoms with Crippen LogP contribution in [-0.4, -0.2) is 56.8 Å². The summed E-state index contributed by atoms with van der Waals surface area (Å²) in [6.45, 7) is 8.29. The molecule has 0 radical (unpaired) electrons. The molecule has 1 aromatic heterocycles. The molecule has 0 bridgehead atoms. The summed E-state index contributed by atoms with van der Waals surface area (Å²) in [4.78, 5) is 17.3. The highest BCUT2D eigenvalue weighted by atomic mass is 32.2. The van der Waals surface area contributed by atoms with Gasteiger partial charge in [-0.25, -0.2) is 8.42 Å². The van der Waals surface area contributed by atoms with Crippen molar-refractivity contribution in [3.8, 4) is 0 Å². The molecular weight excluding hydrogens is 402 g/mol. The van der Waals surface area contributed by atoms with E-state index in [9.17, 15) is 13.2 Å². The van der Waals surface area contributed by atoms with Gasteiger partial charge in [-0.2, -0.15) is 4.31 Å². The number of carbonyl (C=O) groups excluding carboxylic acids is 1. The van der Waals surface area contributed by atoms with Gasteiger partial charge in [0.25, 0.3) is 5.91 Å². The maximum atomic E-state index is 13.4. The maximum absolute atomic E-state index is 13.4. The van der Waals surface area contributed by atoms with Crippen LogP contribution in [-0.2, 0) is 16.6 Å². The Bertz CT molecular complexity index is 990. The summed E-state index contributed by atoms with van der Waals surface area (Å²) in [7, 11) is -1.95. The van der Waals surface area contributed by atoms with Gasteiger partial charge >= 0.3 is 0 Å². The van der Waals surface area contributed by atoms with Crippen LogP contribution in [0.2, 0.25) is 0 Å². The highest BCUT2D eigenvalue weighted by Crippen LogP contribution is 2.29. The van der Waals surface area contributed by atoms with E-state index in [1.807, 2.05) is 32.9 Å². The normalized spacial score (nSPS) is 14.5. The molecule has 1 aliphatic heterocycles. The third-order valence-electron chi connectivity index (χ3n) is 5.52. The van der Waals surface area contributed by atoms with E-state index in [2.05, 4.69) is 4.90 Å². The molecule has 0 atom stereocenters. The van der Waals surface area contributed by atoms with Gasteiger partial charge in [0.05, 0.1) is 17.0 Å². The molecule has 2 aromatic rings. The first-order valence-electron chi connectivity index (χ1n) is 10.5. The molecule has 3 rings (SSSR count). The highest BCUT2D eigenvalue weighted by Gasteiger charge is 2.27. The molecule has 0 aliphatic carbocycles. The number of anilines is 1. The fourth-order valence-corrected chi connectivity index (χ4v) is 5.36. The van der Waals surface area contributed by atoms with Crippen molar-refractivity contribution in [1.82, 2.24) is 9.21 Å². The molecule has 1 aromatic carbocycles. The lowest BCUT2D eigenvalue weighted by molar-refractivity contribution is 0.0775. The first-order chi connectivity index (χ1) is 14.3. The molecule has 0 spiro atoms. The van der Waals surface area contributed by atoms with Crippen molar-refractivity contribution in [3.63, 3.8) is 0 Å². The van der Waals surface area contributed by atoms with Crippen LogP contribution < -0.4 is 4.90 Å². The summed E-state index contributed by atoms with van der Waals surface area (Å²) in [5.74, 6) is 1.26. The number of aryl methyl sites for hydroxylation is 1. The van der Waals surface area contributed by atoms with E-state index in [0.717, 1.165) is 37.4 Å². The van der Waals surface area contributed by atoms with Crippen LogP contribution in [0.15, 0.2) is 39.6 Å². The fourth-order valence-electron chi connectivity index (χ4n) is 3.87. The average molecular weight is 434 g/mol. The average Bonchev–Trinajstić information content (AvgIpc) is 3.39. The van der Waals surface area contributed by atoms with Crippen LogP contribution in [0.5, 0.6) is 0 Å². The second-order valence-corrected chi connectivity index (χ2v) is 9.57. The van der Waals surface area contributed by atoms with Crippen LogP contribution in [0, 0.1) is 6.92 Å². The molecule has 30 heavy (non-hydrogen) atoms. The Hall–Kier alpha value is -2.32. The minimum Gasteiger partial charge on any atom is -0.464 e. The number of benzene rings is 1. The van der Waals surface area contributed by atoms with Gasteiger partial charge < -0.3 is 14.2 Å². The molecule has 1 fully saturated rings. The van der Waals surface area contributed by atoms with E-state index in [1.165, 1.54) is 10.4 Å². The van der Waals surface area contributed by atoms with Gasteiger partial charge in [-0.05, 0) is 50.1 Å². The van der Waals surface area contributed by atoms with Gasteiger partial charge in [0, 0.05) is 38.9 Å². The van der Waals surface area contributed by atoms with Crippen molar-refractivity contribution < 1.29 is 17.6 Å². The number of carbonyl (C=O) groups is 1. The predicted molar refractivity (Wildman–Crippen MR) is 117 cm³/mol. The molecule has 2 heterocycles. The van der Waals surface area contributed by atoms with Crippen molar-refractivity contribution in [2.45, 2.75) is 45.1 Å². The van der Waals surface area contributed by atoms with Gasteiger partial charge in [-0.15, -0.1) is 0 Å². The number of furan rings is 1. The minimum atomic E-state index is -3.65. The highest BCUT2D eigenvalue weighted by molar-refractivity contribution is 7.89. The number of nitrogens with zero attached hydrogens (tertiary/aromatic N) is 3. The Morgan fingerprint density at radius 3 is 2.33 bits per heavy atom. The standard InChI is InChI=1S/C22H31N3O4S/c1-5-25(6-2)30(27,28)19-11-12-21(24-13-7-8-14-24)20(15-19)22(26)23(4)16-18-10-9-17(3)29-18/h9-12,15H,5-8,13-14,16H2,1-4H3. The first-order valence-corrected chi connectivity index (χ1v) is 11.9. The number of sulfonamides is 1. The van der Waals surface area contributed by atoms with Crippen molar-refractivity contribution >= 4 is 21.6 Å². The van der Waals surface area contributed by atoms with E-state index in [-0.39, 0.29) is 10.8 Å². The van der Waals surface area contributed by atoms with Crippen LogP contribution in [0.3, 0.4) is 0 Å². The van der Waals surface area contributed by atoms with Crippen LogP contribution >= 0.6 is 0 Å². The second kappa shape index (κ2) is 9.22. The van der Waals surface area contributed by atoms with Gasteiger partial charge in [-0.1, -0.05) is 13.8 Å². The molecular formula is C22H31N3O4S. The SMILES string of the molecule is CCN(CC)S(=O)(=O)c1ccc(N2CCCC2)c(C(=O)N(C)Cc2ccc(C)o2)c1. The summed E-state index contributed by atoms with van der Waals surface area (Å²) in [5.41, 5.74) is 1.20. The zero-order valence-corrected chi connectivity index (χ0v) is 19.0. The lowest BCUT2D eigenvalue weighted by atomic mass is 10.1.